The van der Waals surface area contributed by atoms with Gasteiger partial charge in [-0.3, -0.25) is 9.59 Å². The van der Waals surface area contributed by atoms with E-state index >= 15 is 0 Å². The predicted molar refractivity (Wildman–Crippen MR) is 327 cm³/mol. The largest absolute Gasteiger partial charge is 0.379 e. The summed E-state index contributed by atoms with van der Waals surface area (Å²) in [6, 6.07) is 0. The molecule has 0 atom stereocenters. The third-order valence-electron chi connectivity index (χ3n) is 11.2. The Morgan fingerprint density at radius 3 is 0.438 bits per heavy atom. The highest BCUT2D eigenvalue weighted by Gasteiger charge is 2.05. The van der Waals surface area contributed by atoms with Crippen molar-refractivity contribution in [2.45, 2.75) is 32.1 Å². The van der Waals surface area contributed by atoms with Gasteiger partial charge in [0.05, 0.1) is 317 Å². The van der Waals surface area contributed by atoms with Crippen LogP contribution in [0.1, 0.15) is 32.1 Å². The van der Waals surface area contributed by atoms with Crippen molar-refractivity contribution in [2.75, 3.05) is 343 Å². The molecule has 0 unspecified atom stereocenters. The van der Waals surface area contributed by atoms with Gasteiger partial charge in [-0.1, -0.05) is 0 Å². The Hall–Kier alpha value is -2.10. The normalized spacial score (nSPS) is 11.6. The molecule has 0 saturated carbocycles. The number of nitrogens with two attached hydrogens (primary N) is 2. The van der Waals surface area contributed by atoms with Crippen molar-refractivity contribution < 1.29 is 123 Å². The summed E-state index contributed by atoms with van der Waals surface area (Å²) in [7, 11) is 0. The van der Waals surface area contributed by atoms with Crippen LogP contribution in [0.4, 0.5) is 0 Å². The molecule has 0 spiro atoms. The topological polar surface area (TPSA) is 332 Å². The Labute approximate surface area is 531 Å². The molecular weight excluding hydrogens is 1180 g/mol. The lowest BCUT2D eigenvalue weighted by molar-refractivity contribution is -0.123. The van der Waals surface area contributed by atoms with E-state index < -0.39 is 0 Å². The Balaban J connectivity index is 3.20. The van der Waals surface area contributed by atoms with Crippen LogP contribution in [0.2, 0.25) is 0 Å². The van der Waals surface area contributed by atoms with Crippen LogP contribution in [0.5, 0.6) is 0 Å². The molecule has 0 fully saturated rings. The number of amides is 2. The molecule has 0 bridgehead atoms. The monoisotopic (exact) mass is 1300 g/mol. The second-order valence-corrected chi connectivity index (χ2v) is 18.5. The van der Waals surface area contributed by atoms with Gasteiger partial charge in [0.15, 0.2) is 0 Å². The van der Waals surface area contributed by atoms with Crippen molar-refractivity contribution in [2.24, 2.45) is 11.5 Å². The van der Waals surface area contributed by atoms with Crippen LogP contribution in [-0.4, -0.2) is 355 Å². The molecule has 0 aliphatic heterocycles. The minimum absolute atomic E-state index is 0.0578. The highest BCUT2D eigenvalue weighted by Crippen LogP contribution is 1.96. The van der Waals surface area contributed by atoms with E-state index in [1.807, 2.05) is 0 Å². The molecule has 0 heterocycles. The standard InChI is InChI=1S/C59H120N4O26/c60-6-12-68-16-20-72-24-28-76-32-36-80-40-44-84-48-52-88-56-54-86-50-46-82-42-38-78-34-30-74-26-22-70-18-14-66-10-4-58(64)62-8-2-1-3-9-63-59(65)5-11-67-15-19-71-23-27-75-31-35-79-39-43-83-47-51-87-55-57-89-53-49-85-45-41-81-37-33-77-29-25-73-21-17-69-13-7-61/h1-57,60-61H2,(H,62,64)(H,63,65). The summed E-state index contributed by atoms with van der Waals surface area (Å²) in [5.41, 5.74) is 10.7. The number of carbonyl (C=O) groups is 2. The molecular formula is C59H120N4O26. The number of nitrogens with one attached hydrogen (secondary N) is 2. The molecule has 0 radical (unpaired) electrons. The summed E-state index contributed by atoms with van der Waals surface area (Å²) >= 11 is 0. The van der Waals surface area contributed by atoms with Gasteiger partial charge in [0, 0.05) is 39.0 Å². The van der Waals surface area contributed by atoms with Gasteiger partial charge in [0.2, 0.25) is 11.8 Å². The van der Waals surface area contributed by atoms with Crippen molar-refractivity contribution in [1.82, 2.24) is 10.6 Å². The molecule has 532 valence electrons. The first-order valence-corrected chi connectivity index (χ1v) is 32.0. The molecule has 2 amide bonds. The van der Waals surface area contributed by atoms with Gasteiger partial charge < -0.3 is 136 Å². The number of hydrogen-bond donors (Lipinski definition) is 4. The van der Waals surface area contributed by atoms with Crippen LogP contribution in [0.25, 0.3) is 0 Å². The number of rotatable bonds is 82. The van der Waals surface area contributed by atoms with Crippen LogP contribution in [0.15, 0.2) is 0 Å². The van der Waals surface area contributed by atoms with Crippen molar-refractivity contribution in [3.8, 4) is 0 Å². The number of ether oxygens (including phenoxy) is 24. The molecule has 0 aliphatic carbocycles. The molecule has 0 aromatic carbocycles. The highest BCUT2D eigenvalue weighted by molar-refractivity contribution is 5.76. The lowest BCUT2D eigenvalue weighted by Crippen LogP contribution is -2.27. The van der Waals surface area contributed by atoms with Gasteiger partial charge in [-0.15, -0.1) is 0 Å². The number of unbranched alkanes of at least 4 members (excludes halogenated alkanes) is 2. The maximum Gasteiger partial charge on any atom is 0.222 e. The summed E-state index contributed by atoms with van der Waals surface area (Å²) in [5.74, 6) is -0.116. The average Bonchev–Trinajstić information content (AvgIpc) is 3.54. The van der Waals surface area contributed by atoms with Crippen LogP contribution < -0.4 is 22.1 Å². The summed E-state index contributed by atoms with van der Waals surface area (Å²) in [6.45, 7) is 25.0. The molecule has 6 N–H and O–H groups in total. The second-order valence-electron chi connectivity index (χ2n) is 18.5. The highest BCUT2D eigenvalue weighted by atomic mass is 16.6. The third kappa shape index (κ3) is 81.9. The summed E-state index contributed by atoms with van der Waals surface area (Å²) < 4.78 is 131. The Bertz CT molecular complexity index is 1250. The molecule has 0 rings (SSSR count). The minimum Gasteiger partial charge on any atom is -0.379 e. The van der Waals surface area contributed by atoms with Crippen molar-refractivity contribution in [1.29, 1.82) is 0 Å². The SMILES string of the molecule is NCCOCCOCCOCCOCCOCCOCCOCCOCCOCCOCCOCCOCCC(=O)NCCCCCNC(=O)CCOCCOCCOCCOCCOCCOCCOCCOCCOCCOCCOCCOCCN. The first-order valence-electron chi connectivity index (χ1n) is 32.0. The van der Waals surface area contributed by atoms with Crippen LogP contribution in [0, 0.1) is 0 Å². The van der Waals surface area contributed by atoms with Gasteiger partial charge in [0.1, 0.15) is 0 Å². The van der Waals surface area contributed by atoms with Crippen LogP contribution in [-0.2, 0) is 123 Å². The maximum atomic E-state index is 12.1. The van der Waals surface area contributed by atoms with E-state index in [4.69, 9.17) is 125 Å². The fraction of sp³-hybridized carbons (Fsp3) is 0.966. The smallest absolute Gasteiger partial charge is 0.222 e. The molecule has 0 saturated heterocycles. The minimum atomic E-state index is -0.0578. The van der Waals surface area contributed by atoms with E-state index in [9.17, 15) is 9.59 Å². The summed E-state index contributed by atoms with van der Waals surface area (Å²) in [5, 5.41) is 5.81. The molecule has 30 nitrogen and oxygen atoms in total. The Morgan fingerprint density at radius 1 is 0.180 bits per heavy atom. The fourth-order valence-electron chi connectivity index (χ4n) is 6.60. The Morgan fingerprint density at radius 2 is 0.303 bits per heavy atom. The van der Waals surface area contributed by atoms with E-state index in [2.05, 4.69) is 10.6 Å². The van der Waals surface area contributed by atoms with E-state index in [-0.39, 0.29) is 24.7 Å². The Kier molecular flexibility index (Phi) is 80.1. The number of hydrogen-bond acceptors (Lipinski definition) is 28. The summed E-state index contributed by atoms with van der Waals surface area (Å²) in [6.07, 6.45) is 3.10. The van der Waals surface area contributed by atoms with Gasteiger partial charge in [-0.05, 0) is 19.3 Å². The zero-order valence-electron chi connectivity index (χ0n) is 54.1. The van der Waals surface area contributed by atoms with E-state index in [0.717, 1.165) is 19.3 Å². The quantitative estimate of drug-likeness (QED) is 0.0557. The van der Waals surface area contributed by atoms with Gasteiger partial charge in [0.25, 0.3) is 0 Å². The predicted octanol–water partition coefficient (Wildman–Crippen LogP) is -0.515. The first kappa shape index (κ1) is 86.9. The third-order valence-corrected chi connectivity index (χ3v) is 11.2. The van der Waals surface area contributed by atoms with E-state index in [0.29, 0.717) is 343 Å². The van der Waals surface area contributed by atoms with Crippen molar-refractivity contribution >= 4 is 11.8 Å². The van der Waals surface area contributed by atoms with Crippen LogP contribution >= 0.6 is 0 Å². The van der Waals surface area contributed by atoms with Gasteiger partial charge >= 0.3 is 0 Å². The molecule has 30 heteroatoms. The van der Waals surface area contributed by atoms with Gasteiger partial charge in [-0.2, -0.15) is 0 Å². The lowest BCUT2D eigenvalue weighted by Gasteiger charge is -2.09. The van der Waals surface area contributed by atoms with Crippen molar-refractivity contribution in [3.05, 3.63) is 0 Å². The molecule has 0 aliphatic rings. The van der Waals surface area contributed by atoms with E-state index in [1.165, 1.54) is 0 Å². The maximum absolute atomic E-state index is 12.1. The zero-order chi connectivity index (χ0) is 63.8. The van der Waals surface area contributed by atoms with E-state index in [1.54, 1.807) is 0 Å². The first-order chi connectivity index (χ1) is 44.2. The number of carbonyl (C=O) groups excluding carboxylic acids is 2. The second kappa shape index (κ2) is 82.0. The molecule has 0 aromatic rings. The van der Waals surface area contributed by atoms with Crippen LogP contribution in [0.3, 0.4) is 0 Å². The average molecular weight is 1300 g/mol. The van der Waals surface area contributed by atoms with Crippen molar-refractivity contribution in [3.63, 3.8) is 0 Å². The van der Waals surface area contributed by atoms with Gasteiger partial charge in [-0.25, -0.2) is 0 Å². The molecule has 89 heavy (non-hydrogen) atoms. The zero-order valence-corrected chi connectivity index (χ0v) is 54.1. The molecule has 0 aromatic heterocycles. The summed E-state index contributed by atoms with van der Waals surface area (Å²) in [4.78, 5) is 24.2. The fourth-order valence-corrected chi connectivity index (χ4v) is 6.60. The lowest BCUT2D eigenvalue weighted by atomic mass is 10.2.